The van der Waals surface area contributed by atoms with E-state index in [1.165, 1.54) is 12.8 Å². The maximum atomic E-state index is 11.9. The molecule has 2 N–H and O–H groups in total. The average Bonchev–Trinajstić information content (AvgIpc) is 3.15. The molecule has 0 aromatic rings. The van der Waals surface area contributed by atoms with Gasteiger partial charge in [0.15, 0.2) is 5.96 Å². The van der Waals surface area contributed by atoms with Crippen LogP contribution in [0.25, 0.3) is 0 Å². The zero-order valence-corrected chi connectivity index (χ0v) is 13.3. The minimum Gasteiger partial charge on any atom is -0.444 e. The molecule has 0 saturated heterocycles. The summed E-state index contributed by atoms with van der Waals surface area (Å²) in [6, 6.07) is 0.548. The van der Waals surface area contributed by atoms with Crippen LogP contribution in [0.1, 0.15) is 40.5 Å². The minimum atomic E-state index is -0.473. The van der Waals surface area contributed by atoms with E-state index in [1.54, 1.807) is 4.90 Å². The lowest BCUT2D eigenvalue weighted by Gasteiger charge is -2.26. The first-order valence-corrected chi connectivity index (χ1v) is 7.25. The summed E-state index contributed by atoms with van der Waals surface area (Å²) >= 11 is 0. The summed E-state index contributed by atoms with van der Waals surface area (Å²) < 4.78 is 5.34. The van der Waals surface area contributed by atoms with Crippen LogP contribution < -0.4 is 5.73 Å². The molecule has 20 heavy (non-hydrogen) atoms. The van der Waals surface area contributed by atoms with Crippen molar-refractivity contribution in [1.29, 1.82) is 0 Å². The van der Waals surface area contributed by atoms with Gasteiger partial charge in [-0.15, -0.1) is 0 Å². The van der Waals surface area contributed by atoms with E-state index in [9.17, 15) is 4.79 Å². The van der Waals surface area contributed by atoms with Gasteiger partial charge in [0.25, 0.3) is 0 Å². The summed E-state index contributed by atoms with van der Waals surface area (Å²) in [5, 5.41) is 0. The highest BCUT2D eigenvalue weighted by atomic mass is 16.6. The minimum absolute atomic E-state index is 0.302. The Bertz CT molecular complexity index is 359. The number of aliphatic imine (C=N–C) groups is 1. The number of carbonyl (C=O) groups excluding carboxylic acids is 1. The van der Waals surface area contributed by atoms with E-state index < -0.39 is 5.60 Å². The number of amides is 1. The van der Waals surface area contributed by atoms with Crippen LogP contribution in [0.3, 0.4) is 0 Å². The van der Waals surface area contributed by atoms with Gasteiger partial charge in [0.05, 0.1) is 6.54 Å². The summed E-state index contributed by atoms with van der Waals surface area (Å²) in [5.74, 6) is 0.549. The van der Waals surface area contributed by atoms with E-state index in [0.29, 0.717) is 31.6 Å². The van der Waals surface area contributed by atoms with Crippen LogP contribution in [-0.4, -0.2) is 60.2 Å². The summed E-state index contributed by atoms with van der Waals surface area (Å²) in [6.45, 7) is 9.12. The third-order valence-electron chi connectivity index (χ3n) is 3.13. The number of rotatable bonds is 5. The van der Waals surface area contributed by atoms with Gasteiger partial charge in [-0.1, -0.05) is 0 Å². The highest BCUT2D eigenvalue weighted by Gasteiger charge is 2.27. The van der Waals surface area contributed by atoms with Gasteiger partial charge in [0, 0.05) is 26.2 Å². The Morgan fingerprint density at radius 3 is 2.45 bits per heavy atom. The topological polar surface area (TPSA) is 71.2 Å². The molecule has 1 saturated carbocycles. The fourth-order valence-corrected chi connectivity index (χ4v) is 1.75. The van der Waals surface area contributed by atoms with Crippen molar-refractivity contribution in [2.45, 2.75) is 52.2 Å². The van der Waals surface area contributed by atoms with Crippen molar-refractivity contribution in [1.82, 2.24) is 9.80 Å². The predicted octanol–water partition coefficient (Wildman–Crippen LogP) is 1.65. The second-order valence-corrected chi connectivity index (χ2v) is 6.14. The van der Waals surface area contributed by atoms with E-state index in [4.69, 9.17) is 10.5 Å². The van der Waals surface area contributed by atoms with Crippen molar-refractivity contribution in [2.24, 2.45) is 10.7 Å². The third-order valence-corrected chi connectivity index (χ3v) is 3.13. The first kappa shape index (κ1) is 16.6. The third kappa shape index (κ3) is 5.67. The van der Waals surface area contributed by atoms with Gasteiger partial charge in [-0.25, -0.2) is 4.79 Å². The van der Waals surface area contributed by atoms with Crippen LogP contribution in [0.4, 0.5) is 4.79 Å². The van der Waals surface area contributed by atoms with E-state index in [0.717, 1.165) is 0 Å². The first-order chi connectivity index (χ1) is 9.24. The molecule has 1 fully saturated rings. The summed E-state index contributed by atoms with van der Waals surface area (Å²) in [5.41, 5.74) is 5.43. The summed E-state index contributed by atoms with van der Waals surface area (Å²) in [4.78, 5) is 19.9. The Labute approximate surface area is 122 Å². The molecule has 0 heterocycles. The van der Waals surface area contributed by atoms with Crippen molar-refractivity contribution in [3.05, 3.63) is 0 Å². The standard InChI is InChI=1S/C14H28N4O2/c1-6-18(13(19)20-14(2,3)4)10-9-16-12(15)17(5)11-7-8-11/h11H,6-10H2,1-5H3,(H2,15,16). The summed E-state index contributed by atoms with van der Waals surface area (Å²) in [7, 11) is 1.96. The molecule has 0 atom stereocenters. The molecule has 0 spiro atoms. The molecule has 1 rings (SSSR count). The molecule has 1 aliphatic rings. The van der Waals surface area contributed by atoms with Crippen molar-refractivity contribution >= 4 is 12.1 Å². The van der Waals surface area contributed by atoms with Crippen molar-refractivity contribution in [2.75, 3.05) is 26.7 Å². The molecule has 0 aromatic heterocycles. The monoisotopic (exact) mass is 284 g/mol. The van der Waals surface area contributed by atoms with Crippen LogP contribution in [0.2, 0.25) is 0 Å². The van der Waals surface area contributed by atoms with Gasteiger partial charge >= 0.3 is 6.09 Å². The van der Waals surface area contributed by atoms with Gasteiger partial charge in [-0.05, 0) is 40.5 Å². The zero-order chi connectivity index (χ0) is 15.3. The number of carbonyl (C=O) groups is 1. The number of hydrogen-bond donors (Lipinski definition) is 1. The fraction of sp³-hybridized carbons (Fsp3) is 0.857. The van der Waals surface area contributed by atoms with Gasteiger partial charge < -0.3 is 20.3 Å². The first-order valence-electron chi connectivity index (χ1n) is 7.25. The number of ether oxygens (including phenoxy) is 1. The lowest BCUT2D eigenvalue weighted by Crippen LogP contribution is -2.39. The molecule has 0 radical (unpaired) electrons. The van der Waals surface area contributed by atoms with Crippen molar-refractivity contribution < 1.29 is 9.53 Å². The zero-order valence-electron chi connectivity index (χ0n) is 13.3. The molecule has 0 aliphatic heterocycles. The normalized spacial score (nSPS) is 15.9. The predicted molar refractivity (Wildman–Crippen MR) is 80.8 cm³/mol. The smallest absolute Gasteiger partial charge is 0.410 e. The molecular weight excluding hydrogens is 256 g/mol. The number of guanidine groups is 1. The highest BCUT2D eigenvalue weighted by Crippen LogP contribution is 2.24. The second kappa shape index (κ2) is 6.81. The van der Waals surface area contributed by atoms with E-state index in [2.05, 4.69) is 4.99 Å². The van der Waals surface area contributed by atoms with Crippen LogP contribution in [-0.2, 0) is 4.74 Å². The molecule has 0 bridgehead atoms. The Balaban J connectivity index is 2.40. The molecule has 6 heteroatoms. The van der Waals surface area contributed by atoms with Gasteiger partial charge in [0.1, 0.15) is 5.60 Å². The molecule has 1 aliphatic carbocycles. The summed E-state index contributed by atoms with van der Waals surface area (Å²) in [6.07, 6.45) is 2.07. The molecule has 0 aromatic carbocycles. The van der Waals surface area contributed by atoms with Crippen LogP contribution in [0, 0.1) is 0 Å². The molecule has 1 amide bonds. The molecule has 0 unspecified atom stereocenters. The van der Waals surface area contributed by atoms with E-state index >= 15 is 0 Å². The Morgan fingerprint density at radius 1 is 1.40 bits per heavy atom. The van der Waals surface area contributed by atoms with Crippen molar-refractivity contribution in [3.63, 3.8) is 0 Å². The van der Waals surface area contributed by atoms with Crippen LogP contribution in [0.5, 0.6) is 0 Å². The fourth-order valence-electron chi connectivity index (χ4n) is 1.75. The van der Waals surface area contributed by atoms with Gasteiger partial charge in [-0.2, -0.15) is 0 Å². The Morgan fingerprint density at radius 2 is 2.00 bits per heavy atom. The number of likely N-dealkylation sites (N-methyl/N-ethyl adjacent to an activating group) is 1. The SMILES string of the molecule is CCN(CCN=C(N)N(C)C1CC1)C(=O)OC(C)(C)C. The lowest BCUT2D eigenvalue weighted by molar-refractivity contribution is 0.0266. The quantitative estimate of drug-likeness (QED) is 0.615. The maximum Gasteiger partial charge on any atom is 0.410 e. The Kier molecular flexibility index (Phi) is 5.65. The second-order valence-electron chi connectivity index (χ2n) is 6.14. The van der Waals surface area contributed by atoms with Crippen LogP contribution >= 0.6 is 0 Å². The van der Waals surface area contributed by atoms with E-state index in [-0.39, 0.29) is 6.09 Å². The highest BCUT2D eigenvalue weighted by molar-refractivity contribution is 5.78. The molecule has 116 valence electrons. The van der Waals surface area contributed by atoms with Crippen LogP contribution in [0.15, 0.2) is 4.99 Å². The lowest BCUT2D eigenvalue weighted by atomic mass is 10.2. The number of hydrogen-bond acceptors (Lipinski definition) is 3. The maximum absolute atomic E-state index is 11.9. The van der Waals surface area contributed by atoms with Gasteiger partial charge in [-0.3, -0.25) is 4.99 Å². The molecular formula is C14H28N4O2. The number of nitrogens with zero attached hydrogens (tertiary/aromatic N) is 3. The van der Waals surface area contributed by atoms with Crippen molar-refractivity contribution in [3.8, 4) is 0 Å². The largest absolute Gasteiger partial charge is 0.444 e. The van der Waals surface area contributed by atoms with E-state index in [1.807, 2.05) is 39.6 Å². The molecule has 6 nitrogen and oxygen atoms in total. The average molecular weight is 284 g/mol. The van der Waals surface area contributed by atoms with Gasteiger partial charge in [0.2, 0.25) is 0 Å². The Hall–Kier alpha value is -1.46. The number of nitrogens with two attached hydrogens (primary N) is 1.